The average molecular weight is 355 g/mol. The van der Waals surface area contributed by atoms with Gasteiger partial charge >= 0.3 is 6.18 Å². The second-order valence-electron chi connectivity index (χ2n) is 6.81. The van der Waals surface area contributed by atoms with E-state index in [9.17, 15) is 18.0 Å². The van der Waals surface area contributed by atoms with E-state index in [0.29, 0.717) is 44.2 Å². The summed E-state index contributed by atoms with van der Waals surface area (Å²) >= 11 is 0. The number of piperidine rings is 1. The van der Waals surface area contributed by atoms with Gasteiger partial charge in [0.2, 0.25) is 5.91 Å². The van der Waals surface area contributed by atoms with Gasteiger partial charge in [-0.05, 0) is 50.0 Å². The van der Waals surface area contributed by atoms with E-state index in [1.165, 1.54) is 12.1 Å². The molecule has 2 aliphatic rings. The number of carbonyl (C=O) groups excluding carboxylic acids is 1. The summed E-state index contributed by atoms with van der Waals surface area (Å²) in [7, 11) is 0. The molecule has 7 heteroatoms. The zero-order valence-electron chi connectivity index (χ0n) is 14.2. The molecule has 2 aliphatic heterocycles. The van der Waals surface area contributed by atoms with E-state index in [1.807, 2.05) is 9.80 Å². The zero-order valence-corrected chi connectivity index (χ0v) is 14.2. The summed E-state index contributed by atoms with van der Waals surface area (Å²) in [6, 6.07) is 5.41. The number of hydrogen-bond acceptors (Lipinski definition) is 3. The second kappa shape index (κ2) is 7.64. The highest BCUT2D eigenvalue weighted by Crippen LogP contribution is 2.32. The quantitative estimate of drug-likeness (QED) is 0.906. The monoisotopic (exact) mass is 355 g/mol. The van der Waals surface area contributed by atoms with Crippen molar-refractivity contribution in [3.63, 3.8) is 0 Å². The van der Waals surface area contributed by atoms with Crippen LogP contribution in [-0.4, -0.2) is 50.1 Å². The third kappa shape index (κ3) is 4.66. The number of halogens is 3. The first-order chi connectivity index (χ1) is 11.9. The Morgan fingerprint density at radius 1 is 1.12 bits per heavy atom. The molecule has 1 N–H and O–H groups in total. The summed E-state index contributed by atoms with van der Waals surface area (Å²) in [6.07, 6.45) is -1.67. The summed E-state index contributed by atoms with van der Waals surface area (Å²) in [5.74, 6) is 0.630. The molecule has 25 heavy (non-hydrogen) atoms. The van der Waals surface area contributed by atoms with Crippen molar-refractivity contribution in [1.82, 2.24) is 10.2 Å². The molecule has 0 aliphatic carbocycles. The van der Waals surface area contributed by atoms with E-state index < -0.39 is 11.7 Å². The minimum Gasteiger partial charge on any atom is -0.368 e. The van der Waals surface area contributed by atoms with E-state index in [1.54, 1.807) is 6.07 Å². The third-order valence-electron chi connectivity index (χ3n) is 5.09. The molecule has 0 bridgehead atoms. The standard InChI is InChI=1S/C18H24F3N3O/c19-18(20,21)15-2-1-3-16(13-15)23-8-10-24(11-9-23)17(25)12-14-4-6-22-7-5-14/h1-3,13-14,22H,4-12H2. The summed E-state index contributed by atoms with van der Waals surface area (Å²) < 4.78 is 38.5. The Kier molecular flexibility index (Phi) is 5.51. The molecule has 0 unspecified atom stereocenters. The molecule has 0 saturated carbocycles. The fraction of sp³-hybridized carbons (Fsp3) is 0.611. The summed E-state index contributed by atoms with van der Waals surface area (Å²) in [5.41, 5.74) is -0.0605. The minimum atomic E-state index is -4.33. The number of piperazine rings is 1. The topological polar surface area (TPSA) is 35.6 Å². The number of benzene rings is 1. The van der Waals surface area contributed by atoms with Crippen molar-refractivity contribution in [2.75, 3.05) is 44.2 Å². The van der Waals surface area contributed by atoms with E-state index >= 15 is 0 Å². The lowest BCUT2D eigenvalue weighted by atomic mass is 9.94. The van der Waals surface area contributed by atoms with E-state index in [4.69, 9.17) is 0 Å². The molecular weight excluding hydrogens is 331 g/mol. The van der Waals surface area contributed by atoms with Crippen molar-refractivity contribution >= 4 is 11.6 Å². The Morgan fingerprint density at radius 2 is 1.80 bits per heavy atom. The lowest BCUT2D eigenvalue weighted by Gasteiger charge is -2.37. The number of carbonyl (C=O) groups is 1. The molecule has 3 rings (SSSR count). The average Bonchev–Trinajstić information content (AvgIpc) is 2.62. The minimum absolute atomic E-state index is 0.176. The molecule has 1 aromatic rings. The molecule has 2 fully saturated rings. The largest absolute Gasteiger partial charge is 0.416 e. The van der Waals surface area contributed by atoms with Crippen molar-refractivity contribution in [1.29, 1.82) is 0 Å². The highest BCUT2D eigenvalue weighted by atomic mass is 19.4. The summed E-state index contributed by atoms with van der Waals surface area (Å²) in [4.78, 5) is 16.2. The predicted molar refractivity (Wildman–Crippen MR) is 90.4 cm³/mol. The lowest BCUT2D eigenvalue weighted by molar-refractivity contribution is -0.137. The summed E-state index contributed by atoms with van der Waals surface area (Å²) in [6.45, 7) is 4.22. The Bertz CT molecular complexity index is 591. The number of hydrogen-bond donors (Lipinski definition) is 1. The van der Waals surface area contributed by atoms with Gasteiger partial charge in [0, 0.05) is 38.3 Å². The molecule has 0 atom stereocenters. The van der Waals surface area contributed by atoms with Crippen LogP contribution in [0, 0.1) is 5.92 Å². The number of rotatable bonds is 3. The number of amides is 1. The van der Waals surface area contributed by atoms with Crippen LogP contribution in [-0.2, 0) is 11.0 Å². The molecular formula is C18H24F3N3O. The first-order valence-corrected chi connectivity index (χ1v) is 8.84. The lowest BCUT2D eigenvalue weighted by Crippen LogP contribution is -2.49. The van der Waals surface area contributed by atoms with Crippen LogP contribution >= 0.6 is 0 Å². The van der Waals surface area contributed by atoms with Crippen molar-refractivity contribution in [3.05, 3.63) is 29.8 Å². The van der Waals surface area contributed by atoms with Gasteiger partial charge in [-0.3, -0.25) is 4.79 Å². The maximum Gasteiger partial charge on any atom is 0.416 e. The van der Waals surface area contributed by atoms with Crippen LogP contribution in [0.15, 0.2) is 24.3 Å². The normalized spacial score (nSPS) is 20.0. The van der Waals surface area contributed by atoms with Crippen LogP contribution in [0.1, 0.15) is 24.8 Å². The van der Waals surface area contributed by atoms with Crippen LogP contribution in [0.4, 0.5) is 18.9 Å². The molecule has 4 nitrogen and oxygen atoms in total. The van der Waals surface area contributed by atoms with Gasteiger partial charge < -0.3 is 15.1 Å². The Labute approximate surface area is 146 Å². The third-order valence-corrected chi connectivity index (χ3v) is 5.09. The van der Waals surface area contributed by atoms with Gasteiger partial charge in [0.25, 0.3) is 0 Å². The number of nitrogens with zero attached hydrogens (tertiary/aromatic N) is 2. The first-order valence-electron chi connectivity index (χ1n) is 8.84. The molecule has 2 heterocycles. The second-order valence-corrected chi connectivity index (χ2v) is 6.81. The maximum atomic E-state index is 12.8. The van der Waals surface area contributed by atoms with Gasteiger partial charge in [-0.15, -0.1) is 0 Å². The van der Waals surface area contributed by atoms with Crippen LogP contribution in [0.5, 0.6) is 0 Å². The van der Waals surface area contributed by atoms with Crippen LogP contribution in [0.2, 0.25) is 0 Å². The van der Waals surface area contributed by atoms with Crippen LogP contribution < -0.4 is 10.2 Å². The van der Waals surface area contributed by atoms with Gasteiger partial charge in [-0.25, -0.2) is 0 Å². The maximum absolute atomic E-state index is 12.8. The Balaban J connectivity index is 1.54. The van der Waals surface area contributed by atoms with Crippen molar-refractivity contribution in [3.8, 4) is 0 Å². The molecule has 138 valence electrons. The van der Waals surface area contributed by atoms with Crippen molar-refractivity contribution in [2.24, 2.45) is 5.92 Å². The van der Waals surface area contributed by atoms with Gasteiger partial charge in [0.15, 0.2) is 0 Å². The van der Waals surface area contributed by atoms with Gasteiger partial charge in [0.1, 0.15) is 0 Å². The van der Waals surface area contributed by atoms with Crippen molar-refractivity contribution in [2.45, 2.75) is 25.4 Å². The fourth-order valence-electron chi connectivity index (χ4n) is 3.55. The molecule has 1 aromatic carbocycles. The molecule has 1 amide bonds. The smallest absolute Gasteiger partial charge is 0.368 e. The fourth-order valence-corrected chi connectivity index (χ4v) is 3.55. The van der Waals surface area contributed by atoms with E-state index in [-0.39, 0.29) is 5.91 Å². The Hall–Kier alpha value is -1.76. The summed E-state index contributed by atoms with van der Waals surface area (Å²) in [5, 5.41) is 3.29. The van der Waals surface area contributed by atoms with Crippen molar-refractivity contribution < 1.29 is 18.0 Å². The molecule has 0 aromatic heterocycles. The van der Waals surface area contributed by atoms with E-state index in [2.05, 4.69) is 5.32 Å². The van der Waals surface area contributed by atoms with Crippen LogP contribution in [0.25, 0.3) is 0 Å². The molecule has 0 spiro atoms. The first kappa shape index (κ1) is 18.0. The Morgan fingerprint density at radius 3 is 2.44 bits per heavy atom. The SMILES string of the molecule is O=C(CC1CCNCC1)N1CCN(c2cccc(C(F)(F)F)c2)CC1. The highest BCUT2D eigenvalue weighted by molar-refractivity contribution is 5.76. The predicted octanol–water partition coefficient (Wildman–Crippen LogP) is 2.74. The number of anilines is 1. The number of alkyl halides is 3. The van der Waals surface area contributed by atoms with E-state index in [0.717, 1.165) is 32.0 Å². The highest BCUT2D eigenvalue weighted by Gasteiger charge is 2.31. The van der Waals surface area contributed by atoms with Gasteiger partial charge in [0.05, 0.1) is 5.56 Å². The molecule has 2 saturated heterocycles. The number of nitrogens with one attached hydrogen (secondary N) is 1. The zero-order chi connectivity index (χ0) is 17.9. The van der Waals surface area contributed by atoms with Crippen LogP contribution in [0.3, 0.4) is 0 Å². The van der Waals surface area contributed by atoms with Gasteiger partial charge in [-0.1, -0.05) is 6.07 Å². The van der Waals surface area contributed by atoms with Gasteiger partial charge in [-0.2, -0.15) is 13.2 Å². The molecule has 0 radical (unpaired) electrons.